The fourth-order valence-corrected chi connectivity index (χ4v) is 3.84. The Balaban J connectivity index is 2.02. The molecule has 0 radical (unpaired) electrons. The molecule has 10 heteroatoms. The molecule has 0 atom stereocenters. The van der Waals surface area contributed by atoms with Crippen LogP contribution in [0, 0.1) is 0 Å². The second-order valence-corrected chi connectivity index (χ2v) is 7.95. The minimum atomic E-state index is -3.74. The molecule has 3 rings (SSSR count). The van der Waals surface area contributed by atoms with Gasteiger partial charge in [-0.1, -0.05) is 0 Å². The lowest BCUT2D eigenvalue weighted by Gasteiger charge is -2.09. The van der Waals surface area contributed by atoms with Crippen molar-refractivity contribution in [3.05, 3.63) is 54.2 Å². The molecule has 2 aromatic carbocycles. The Kier molecular flexibility index (Phi) is 4.97. The lowest BCUT2D eigenvalue weighted by atomic mass is 10.1. The number of nitrogen functional groups attached to an aromatic ring is 1. The minimum absolute atomic E-state index is 0.126. The van der Waals surface area contributed by atoms with Crippen molar-refractivity contribution in [2.24, 2.45) is 28.7 Å². The molecule has 1 aromatic heterocycles. The van der Waals surface area contributed by atoms with E-state index in [1.807, 2.05) is 23.9 Å². The largest absolute Gasteiger partial charge is 0.399 e. The number of nitrogens with two attached hydrogens (primary N) is 3. The maximum absolute atomic E-state index is 12.6. The minimum Gasteiger partial charge on any atom is -0.399 e. The summed E-state index contributed by atoms with van der Waals surface area (Å²) in [6, 6.07) is 11.3. The number of fused-ring (bicyclic) bond motifs is 1. The van der Waals surface area contributed by atoms with Gasteiger partial charge in [0.15, 0.2) is 0 Å². The topological polar surface area (TPSA) is 154 Å². The summed E-state index contributed by atoms with van der Waals surface area (Å²) >= 11 is 0. The van der Waals surface area contributed by atoms with E-state index in [4.69, 9.17) is 17.2 Å². The lowest BCUT2D eigenvalue weighted by molar-refractivity contribution is 0.601. The molecule has 0 saturated carbocycles. The second-order valence-electron chi connectivity index (χ2n) is 6.27. The van der Waals surface area contributed by atoms with Crippen LogP contribution in [0.2, 0.25) is 0 Å². The zero-order valence-corrected chi connectivity index (χ0v) is 16.2. The molecule has 0 aliphatic carbocycles. The Hall–Kier alpha value is -3.53. The summed E-state index contributed by atoms with van der Waals surface area (Å²) in [7, 11) is -1.86. The summed E-state index contributed by atoms with van der Waals surface area (Å²) < 4.78 is 29.7. The Morgan fingerprint density at radius 3 is 2.39 bits per heavy atom. The number of aryl methyl sites for hydroxylation is 1. The van der Waals surface area contributed by atoms with E-state index in [1.54, 1.807) is 19.1 Å². The number of sulfonamides is 1. The zero-order valence-electron chi connectivity index (χ0n) is 15.4. The highest BCUT2D eigenvalue weighted by Gasteiger charge is 2.16. The fraction of sp³-hybridized carbons (Fsp3) is 0.111. The average molecular weight is 399 g/mol. The van der Waals surface area contributed by atoms with Crippen LogP contribution >= 0.6 is 0 Å². The first-order valence-electron chi connectivity index (χ1n) is 8.28. The van der Waals surface area contributed by atoms with Gasteiger partial charge in [-0.3, -0.25) is 4.72 Å². The van der Waals surface area contributed by atoms with Crippen LogP contribution in [-0.2, 0) is 17.1 Å². The van der Waals surface area contributed by atoms with Gasteiger partial charge in [-0.05, 0) is 49.4 Å². The molecule has 0 unspecified atom stereocenters. The number of anilines is 2. The van der Waals surface area contributed by atoms with Crippen molar-refractivity contribution in [1.82, 2.24) is 4.57 Å². The van der Waals surface area contributed by atoms with Crippen LogP contribution < -0.4 is 21.9 Å². The van der Waals surface area contributed by atoms with Crippen molar-refractivity contribution < 1.29 is 8.42 Å². The van der Waals surface area contributed by atoms with Crippen molar-refractivity contribution in [3.63, 3.8) is 0 Å². The SMILES string of the molecule is CC(=NN=C(N)N)c1cn(C)c2ccc(NS(=O)(=O)c3ccc(N)cc3)cc12. The quantitative estimate of drug-likeness (QED) is 0.222. The van der Waals surface area contributed by atoms with Crippen molar-refractivity contribution in [3.8, 4) is 0 Å². The van der Waals surface area contributed by atoms with E-state index in [1.165, 1.54) is 24.3 Å². The molecule has 3 aromatic rings. The number of rotatable bonds is 5. The van der Waals surface area contributed by atoms with Crippen LogP contribution in [0.15, 0.2) is 63.8 Å². The van der Waals surface area contributed by atoms with Crippen molar-refractivity contribution in [1.29, 1.82) is 0 Å². The van der Waals surface area contributed by atoms with Crippen LogP contribution in [0.4, 0.5) is 11.4 Å². The molecule has 0 spiro atoms. The van der Waals surface area contributed by atoms with Crippen molar-refractivity contribution in [2.45, 2.75) is 11.8 Å². The summed E-state index contributed by atoms with van der Waals surface area (Å²) in [6.45, 7) is 1.77. The predicted octanol–water partition coefficient (Wildman–Crippen LogP) is 1.56. The van der Waals surface area contributed by atoms with Gasteiger partial charge in [0.2, 0.25) is 5.96 Å². The summed E-state index contributed by atoms with van der Waals surface area (Å²) in [5.74, 6) is -0.142. The van der Waals surface area contributed by atoms with Crippen LogP contribution in [0.25, 0.3) is 10.9 Å². The average Bonchev–Trinajstić information content (AvgIpc) is 2.96. The number of nitrogens with zero attached hydrogens (tertiary/aromatic N) is 3. The zero-order chi connectivity index (χ0) is 20.5. The van der Waals surface area contributed by atoms with Crippen molar-refractivity contribution in [2.75, 3.05) is 10.5 Å². The second kappa shape index (κ2) is 7.24. The van der Waals surface area contributed by atoms with E-state index in [9.17, 15) is 8.42 Å². The highest BCUT2D eigenvalue weighted by atomic mass is 32.2. The summed E-state index contributed by atoms with van der Waals surface area (Å²) in [4.78, 5) is 0.126. The van der Waals surface area contributed by atoms with E-state index in [-0.39, 0.29) is 10.9 Å². The van der Waals surface area contributed by atoms with Gasteiger partial charge in [0.05, 0.1) is 10.6 Å². The number of nitrogens with one attached hydrogen (secondary N) is 1. The summed E-state index contributed by atoms with van der Waals surface area (Å²) in [6.07, 6.45) is 1.88. The predicted molar refractivity (Wildman–Crippen MR) is 113 cm³/mol. The van der Waals surface area contributed by atoms with Gasteiger partial charge in [-0.2, -0.15) is 5.10 Å². The highest BCUT2D eigenvalue weighted by molar-refractivity contribution is 7.92. The Morgan fingerprint density at radius 2 is 1.75 bits per heavy atom. The summed E-state index contributed by atoms with van der Waals surface area (Å²) in [5.41, 5.74) is 19.5. The molecule has 0 aliphatic rings. The molecular weight excluding hydrogens is 378 g/mol. The lowest BCUT2D eigenvalue weighted by Crippen LogP contribution is -2.22. The highest BCUT2D eigenvalue weighted by Crippen LogP contribution is 2.26. The van der Waals surface area contributed by atoms with Crippen LogP contribution in [0.5, 0.6) is 0 Å². The van der Waals surface area contributed by atoms with Gasteiger partial charge < -0.3 is 21.8 Å². The van der Waals surface area contributed by atoms with Crippen molar-refractivity contribution >= 4 is 44.0 Å². The number of benzene rings is 2. The number of hydrogen-bond donors (Lipinski definition) is 4. The van der Waals surface area contributed by atoms with Gasteiger partial charge in [-0.15, -0.1) is 5.10 Å². The third-order valence-corrected chi connectivity index (χ3v) is 5.53. The van der Waals surface area contributed by atoms with Crippen LogP contribution in [0.1, 0.15) is 12.5 Å². The molecule has 0 aliphatic heterocycles. The van der Waals surface area contributed by atoms with Gasteiger partial charge in [-0.25, -0.2) is 8.42 Å². The van der Waals surface area contributed by atoms with E-state index in [2.05, 4.69) is 14.9 Å². The normalized spacial score (nSPS) is 12.1. The third kappa shape index (κ3) is 3.91. The first-order chi connectivity index (χ1) is 13.2. The Morgan fingerprint density at radius 1 is 1.07 bits per heavy atom. The van der Waals surface area contributed by atoms with Gasteiger partial charge in [0.1, 0.15) is 0 Å². The summed E-state index contributed by atoms with van der Waals surface area (Å²) in [5, 5.41) is 8.50. The number of hydrogen-bond acceptors (Lipinski definition) is 5. The van der Waals surface area contributed by atoms with Gasteiger partial charge in [0.25, 0.3) is 10.0 Å². The first kappa shape index (κ1) is 19.2. The smallest absolute Gasteiger partial charge is 0.261 e. The maximum Gasteiger partial charge on any atom is 0.261 e. The van der Waals surface area contributed by atoms with E-state index in [0.29, 0.717) is 17.1 Å². The van der Waals surface area contributed by atoms with E-state index >= 15 is 0 Å². The maximum atomic E-state index is 12.6. The Labute approximate surface area is 162 Å². The third-order valence-electron chi connectivity index (χ3n) is 4.14. The monoisotopic (exact) mass is 399 g/mol. The first-order valence-corrected chi connectivity index (χ1v) is 9.77. The molecule has 1 heterocycles. The molecule has 0 bridgehead atoms. The molecular formula is C18H21N7O2S. The van der Waals surface area contributed by atoms with Gasteiger partial charge in [0, 0.05) is 41.1 Å². The van der Waals surface area contributed by atoms with Crippen LogP contribution in [-0.4, -0.2) is 24.7 Å². The van der Waals surface area contributed by atoms with Crippen LogP contribution in [0.3, 0.4) is 0 Å². The Bertz CT molecular complexity index is 1190. The fourth-order valence-electron chi connectivity index (χ4n) is 2.79. The van der Waals surface area contributed by atoms with E-state index in [0.717, 1.165) is 16.5 Å². The number of guanidine groups is 1. The standard InChI is InChI=1S/C18H21N7O2S/c1-11(22-23-18(20)21)16-10-25(2)17-8-5-13(9-15(16)17)24-28(26,27)14-6-3-12(19)4-7-14/h3-10,24H,19H2,1-2H3,(H4,20,21,23). The molecule has 28 heavy (non-hydrogen) atoms. The molecule has 146 valence electrons. The molecule has 9 nitrogen and oxygen atoms in total. The molecule has 7 N–H and O–H groups in total. The van der Waals surface area contributed by atoms with E-state index < -0.39 is 10.0 Å². The molecule has 0 amide bonds. The van der Waals surface area contributed by atoms with Gasteiger partial charge >= 0.3 is 0 Å². The number of aromatic nitrogens is 1. The molecule has 0 fully saturated rings. The molecule has 0 saturated heterocycles.